The van der Waals surface area contributed by atoms with E-state index in [9.17, 15) is 14.3 Å². The molecule has 2 N–H and O–H groups in total. The summed E-state index contributed by atoms with van der Waals surface area (Å²) in [7, 11) is 3.44. The first-order chi connectivity index (χ1) is 17.9. The number of fused-ring (bicyclic) bond motifs is 1. The Morgan fingerprint density at radius 3 is 2.78 bits per heavy atom. The summed E-state index contributed by atoms with van der Waals surface area (Å²) < 4.78 is 23.1. The fourth-order valence-electron chi connectivity index (χ4n) is 4.77. The minimum atomic E-state index is -0.408. The molecule has 0 saturated carbocycles. The summed E-state index contributed by atoms with van der Waals surface area (Å²) in [4.78, 5) is 19.9. The standard InChI is InChI=1S/C27H29FN6O3/c1-17-11-29-25(31-26-6-7-30-32(26)2)10-23(17)20-9-24-27(36)34(22(16-37-3)14-33(24)12-20)13-19-8-21(28)5-4-18(19)15-35/h4-12,22,35H,13-16H2,1-3H3,(H,29,31)/t22-/m1/s1. The van der Waals surface area contributed by atoms with Crippen LogP contribution in [0.15, 0.2) is 55.0 Å². The van der Waals surface area contributed by atoms with Crippen molar-refractivity contribution in [2.24, 2.45) is 7.05 Å². The van der Waals surface area contributed by atoms with E-state index < -0.39 is 5.82 Å². The van der Waals surface area contributed by atoms with Gasteiger partial charge >= 0.3 is 0 Å². The van der Waals surface area contributed by atoms with Gasteiger partial charge in [-0.15, -0.1) is 0 Å². The Labute approximate surface area is 214 Å². The molecular weight excluding hydrogens is 475 g/mol. The summed E-state index contributed by atoms with van der Waals surface area (Å²) in [5.41, 5.74) is 4.54. The third-order valence-corrected chi connectivity index (χ3v) is 6.75. The van der Waals surface area contributed by atoms with Crippen LogP contribution in [0.25, 0.3) is 11.1 Å². The van der Waals surface area contributed by atoms with Crippen molar-refractivity contribution in [3.8, 4) is 11.1 Å². The van der Waals surface area contributed by atoms with Crippen molar-refractivity contribution in [2.75, 3.05) is 19.0 Å². The largest absolute Gasteiger partial charge is 0.392 e. The first-order valence-electron chi connectivity index (χ1n) is 12.0. The number of aliphatic hydroxyl groups is 1. The summed E-state index contributed by atoms with van der Waals surface area (Å²) in [6.07, 6.45) is 5.48. The molecule has 0 aliphatic carbocycles. The van der Waals surface area contributed by atoms with Gasteiger partial charge in [-0.1, -0.05) is 6.07 Å². The van der Waals surface area contributed by atoms with Gasteiger partial charge in [0, 0.05) is 51.3 Å². The number of anilines is 2. The predicted octanol–water partition coefficient (Wildman–Crippen LogP) is 3.64. The van der Waals surface area contributed by atoms with E-state index in [1.807, 2.05) is 42.9 Å². The molecule has 0 bridgehead atoms. The van der Waals surface area contributed by atoms with Crippen LogP contribution in [0.4, 0.5) is 16.0 Å². The average Bonchev–Trinajstić information content (AvgIpc) is 3.49. The molecule has 4 aromatic rings. The van der Waals surface area contributed by atoms with Crippen LogP contribution in [0.1, 0.15) is 27.2 Å². The lowest BCUT2D eigenvalue weighted by Crippen LogP contribution is -2.49. The van der Waals surface area contributed by atoms with E-state index in [0.29, 0.717) is 35.8 Å². The Bertz CT molecular complexity index is 1450. The van der Waals surface area contributed by atoms with Crippen molar-refractivity contribution in [3.63, 3.8) is 0 Å². The van der Waals surface area contributed by atoms with Gasteiger partial charge in [0.05, 0.1) is 25.5 Å². The number of aliphatic hydroxyl groups excluding tert-OH is 1. The summed E-state index contributed by atoms with van der Waals surface area (Å²) in [5, 5.41) is 17.2. The highest BCUT2D eigenvalue weighted by atomic mass is 19.1. The number of hydrogen-bond donors (Lipinski definition) is 2. The minimum absolute atomic E-state index is 0.173. The lowest BCUT2D eigenvalue weighted by Gasteiger charge is -2.36. The van der Waals surface area contributed by atoms with Gasteiger partial charge in [-0.05, 0) is 53.4 Å². The summed E-state index contributed by atoms with van der Waals surface area (Å²) in [6, 6.07) is 9.69. The Balaban J connectivity index is 1.47. The van der Waals surface area contributed by atoms with Crippen molar-refractivity contribution in [1.29, 1.82) is 0 Å². The number of nitrogens with zero attached hydrogens (tertiary/aromatic N) is 5. The normalized spacial score (nSPS) is 15.2. The van der Waals surface area contributed by atoms with E-state index in [1.54, 1.807) is 35.2 Å². The number of carbonyl (C=O) groups excluding carboxylic acids is 1. The number of aryl methyl sites for hydroxylation is 2. The zero-order valence-electron chi connectivity index (χ0n) is 21.0. The number of aromatic nitrogens is 4. The van der Waals surface area contributed by atoms with Gasteiger partial charge in [0.1, 0.15) is 23.1 Å². The molecule has 1 amide bonds. The molecule has 4 heterocycles. The first kappa shape index (κ1) is 24.7. The lowest BCUT2D eigenvalue weighted by molar-refractivity contribution is 0.0386. The number of ether oxygens (including phenoxy) is 1. The van der Waals surface area contributed by atoms with Crippen LogP contribution < -0.4 is 5.32 Å². The highest BCUT2D eigenvalue weighted by Crippen LogP contribution is 2.32. The third-order valence-electron chi connectivity index (χ3n) is 6.75. The molecule has 0 radical (unpaired) electrons. The second-order valence-electron chi connectivity index (χ2n) is 9.23. The minimum Gasteiger partial charge on any atom is -0.392 e. The number of pyridine rings is 1. The van der Waals surface area contributed by atoms with Crippen LogP contribution in [0.2, 0.25) is 0 Å². The van der Waals surface area contributed by atoms with Gasteiger partial charge < -0.3 is 24.6 Å². The maximum Gasteiger partial charge on any atom is 0.271 e. The highest BCUT2D eigenvalue weighted by Gasteiger charge is 2.33. The first-order valence-corrected chi connectivity index (χ1v) is 12.0. The van der Waals surface area contributed by atoms with E-state index in [-0.39, 0.29) is 25.1 Å². The average molecular weight is 505 g/mol. The molecule has 1 aliphatic heterocycles. The Hall–Kier alpha value is -4.02. The molecule has 0 fully saturated rings. The van der Waals surface area contributed by atoms with E-state index >= 15 is 0 Å². The topological polar surface area (TPSA) is 97.4 Å². The van der Waals surface area contributed by atoms with Crippen molar-refractivity contribution in [3.05, 3.63) is 83.2 Å². The van der Waals surface area contributed by atoms with Gasteiger partial charge in [0.15, 0.2) is 0 Å². The van der Waals surface area contributed by atoms with Crippen LogP contribution in [0, 0.1) is 12.7 Å². The molecule has 37 heavy (non-hydrogen) atoms. The zero-order chi connectivity index (χ0) is 26.1. The van der Waals surface area contributed by atoms with Crippen LogP contribution in [0.5, 0.6) is 0 Å². The van der Waals surface area contributed by atoms with E-state index in [4.69, 9.17) is 4.74 Å². The highest BCUT2D eigenvalue weighted by molar-refractivity contribution is 5.95. The number of benzene rings is 1. The maximum absolute atomic E-state index is 14.0. The van der Waals surface area contributed by atoms with Crippen LogP contribution in [-0.4, -0.2) is 55.0 Å². The van der Waals surface area contributed by atoms with Crippen LogP contribution in [0.3, 0.4) is 0 Å². The van der Waals surface area contributed by atoms with E-state index in [1.165, 1.54) is 12.1 Å². The number of carbonyl (C=O) groups is 1. The smallest absolute Gasteiger partial charge is 0.271 e. The summed E-state index contributed by atoms with van der Waals surface area (Å²) >= 11 is 0. The molecule has 10 heteroatoms. The second-order valence-corrected chi connectivity index (χ2v) is 9.23. The van der Waals surface area contributed by atoms with E-state index in [2.05, 4.69) is 15.4 Å². The number of halogens is 1. The van der Waals surface area contributed by atoms with Gasteiger partial charge in [-0.3, -0.25) is 9.48 Å². The molecule has 3 aromatic heterocycles. The SMILES string of the molecule is COC[C@H]1Cn2cc(-c3cc(Nc4ccnn4C)ncc3C)cc2C(=O)N1Cc1cc(F)ccc1CO. The quantitative estimate of drug-likeness (QED) is 0.380. The predicted molar refractivity (Wildman–Crippen MR) is 137 cm³/mol. The number of rotatable bonds is 8. The molecule has 1 aromatic carbocycles. The molecule has 0 spiro atoms. The Morgan fingerprint density at radius 2 is 2.05 bits per heavy atom. The van der Waals surface area contributed by atoms with E-state index in [0.717, 1.165) is 22.5 Å². The molecule has 192 valence electrons. The zero-order valence-corrected chi connectivity index (χ0v) is 21.0. The van der Waals surface area contributed by atoms with Crippen molar-refractivity contribution in [1.82, 2.24) is 24.2 Å². The lowest BCUT2D eigenvalue weighted by atomic mass is 10.0. The summed E-state index contributed by atoms with van der Waals surface area (Å²) in [6.45, 7) is 2.78. The number of methoxy groups -OCH3 is 1. The number of hydrogen-bond acceptors (Lipinski definition) is 6. The summed E-state index contributed by atoms with van der Waals surface area (Å²) in [5.74, 6) is 0.898. The monoisotopic (exact) mass is 504 g/mol. The third kappa shape index (κ3) is 4.85. The fraction of sp³-hybridized carbons (Fsp3) is 0.296. The van der Waals surface area contributed by atoms with Crippen LogP contribution >= 0.6 is 0 Å². The Kier molecular flexibility index (Phi) is 6.77. The molecule has 0 unspecified atom stereocenters. The molecular formula is C27H29FN6O3. The van der Waals surface area contributed by atoms with Gasteiger partial charge in [-0.25, -0.2) is 9.37 Å². The molecule has 1 atom stereocenters. The number of nitrogens with one attached hydrogen (secondary N) is 1. The molecule has 9 nitrogen and oxygen atoms in total. The van der Waals surface area contributed by atoms with Crippen molar-refractivity contribution >= 4 is 17.5 Å². The fourth-order valence-corrected chi connectivity index (χ4v) is 4.77. The maximum atomic E-state index is 14.0. The Morgan fingerprint density at radius 1 is 1.22 bits per heavy atom. The van der Waals surface area contributed by atoms with Crippen LogP contribution in [-0.2, 0) is 31.5 Å². The molecule has 0 saturated heterocycles. The second kappa shape index (κ2) is 10.2. The number of amides is 1. The van der Waals surface area contributed by atoms with Crippen molar-refractivity contribution < 1.29 is 19.0 Å². The molecule has 5 rings (SSSR count). The molecule has 1 aliphatic rings. The van der Waals surface area contributed by atoms with Gasteiger partial charge in [0.2, 0.25) is 0 Å². The van der Waals surface area contributed by atoms with Crippen molar-refractivity contribution in [2.45, 2.75) is 32.7 Å². The van der Waals surface area contributed by atoms with Gasteiger partial charge in [-0.2, -0.15) is 5.10 Å². The van der Waals surface area contributed by atoms with Gasteiger partial charge in [0.25, 0.3) is 5.91 Å².